The summed E-state index contributed by atoms with van der Waals surface area (Å²) in [4.78, 5) is 24.1. The standard InChI is InChI=1S/C19H22ClN3O3/c1-12-16(17(20)23(22-12)15-7-5-4-6-8-15)11-26-18(25)19(3,14-9-10-14)21-13(2)24/h4-8,14H,9-11H2,1-3H3,(H,21,24). The number of hydrogen-bond acceptors (Lipinski definition) is 4. The van der Waals surface area contributed by atoms with Gasteiger partial charge in [-0.1, -0.05) is 29.8 Å². The first kappa shape index (κ1) is 18.5. The third-order valence-electron chi connectivity index (χ3n) is 4.72. The molecule has 2 aromatic rings. The van der Waals surface area contributed by atoms with Crippen molar-refractivity contribution >= 4 is 23.5 Å². The van der Waals surface area contributed by atoms with E-state index in [0.717, 1.165) is 18.5 Å². The molecule has 26 heavy (non-hydrogen) atoms. The quantitative estimate of drug-likeness (QED) is 0.787. The minimum absolute atomic E-state index is 0.0121. The van der Waals surface area contributed by atoms with E-state index in [9.17, 15) is 9.59 Å². The first-order valence-electron chi connectivity index (χ1n) is 8.58. The topological polar surface area (TPSA) is 73.2 Å². The molecule has 1 saturated carbocycles. The van der Waals surface area contributed by atoms with Gasteiger partial charge in [0.15, 0.2) is 0 Å². The summed E-state index contributed by atoms with van der Waals surface area (Å²) < 4.78 is 7.13. The van der Waals surface area contributed by atoms with Crippen LogP contribution < -0.4 is 5.32 Å². The molecule has 0 saturated heterocycles. The van der Waals surface area contributed by atoms with E-state index >= 15 is 0 Å². The normalized spacial score (nSPS) is 16.0. The molecule has 3 rings (SSSR count). The number of carbonyl (C=O) groups excluding carboxylic acids is 2. The molecule has 1 aromatic carbocycles. The first-order valence-corrected chi connectivity index (χ1v) is 8.96. The number of rotatable bonds is 6. The maximum Gasteiger partial charge on any atom is 0.332 e. The van der Waals surface area contributed by atoms with Crippen molar-refractivity contribution in [3.05, 3.63) is 46.7 Å². The lowest BCUT2D eigenvalue weighted by Gasteiger charge is -2.28. The summed E-state index contributed by atoms with van der Waals surface area (Å²) in [6.45, 7) is 4.95. The number of carbonyl (C=O) groups is 2. The number of amides is 1. The molecule has 1 N–H and O–H groups in total. The minimum atomic E-state index is -0.998. The van der Waals surface area contributed by atoms with Gasteiger partial charge in [-0.15, -0.1) is 0 Å². The smallest absolute Gasteiger partial charge is 0.332 e. The van der Waals surface area contributed by atoms with Gasteiger partial charge >= 0.3 is 5.97 Å². The summed E-state index contributed by atoms with van der Waals surface area (Å²) in [5.74, 6) is -0.580. The molecule has 1 aromatic heterocycles. The van der Waals surface area contributed by atoms with Crippen LogP contribution in [0.2, 0.25) is 5.15 Å². The van der Waals surface area contributed by atoms with Gasteiger partial charge in [-0.25, -0.2) is 9.48 Å². The van der Waals surface area contributed by atoms with Crippen molar-refractivity contribution < 1.29 is 14.3 Å². The van der Waals surface area contributed by atoms with Gasteiger partial charge in [-0.3, -0.25) is 4.79 Å². The minimum Gasteiger partial charge on any atom is -0.459 e. The van der Waals surface area contributed by atoms with Crippen LogP contribution in [0, 0.1) is 12.8 Å². The Morgan fingerprint density at radius 1 is 1.35 bits per heavy atom. The summed E-state index contributed by atoms with van der Waals surface area (Å²) in [6, 6.07) is 9.51. The molecule has 1 fully saturated rings. The number of nitrogens with zero attached hydrogens (tertiary/aromatic N) is 2. The summed E-state index contributed by atoms with van der Waals surface area (Å²) in [7, 11) is 0. The molecular weight excluding hydrogens is 354 g/mol. The summed E-state index contributed by atoms with van der Waals surface area (Å²) in [5.41, 5.74) is 1.19. The summed E-state index contributed by atoms with van der Waals surface area (Å²) >= 11 is 6.46. The number of ether oxygens (including phenoxy) is 1. The van der Waals surface area contributed by atoms with Crippen LogP contribution in [0.4, 0.5) is 0 Å². The lowest BCUT2D eigenvalue weighted by molar-refractivity contribution is -0.155. The molecular formula is C19H22ClN3O3. The van der Waals surface area contributed by atoms with Crippen LogP contribution in [0.5, 0.6) is 0 Å². The van der Waals surface area contributed by atoms with Crippen molar-refractivity contribution in [1.82, 2.24) is 15.1 Å². The molecule has 0 spiro atoms. The predicted molar refractivity (Wildman–Crippen MR) is 98.1 cm³/mol. The molecule has 1 heterocycles. The average Bonchev–Trinajstić information content (AvgIpc) is 3.41. The highest BCUT2D eigenvalue weighted by molar-refractivity contribution is 6.30. The van der Waals surface area contributed by atoms with Gasteiger partial charge in [0.25, 0.3) is 0 Å². The van der Waals surface area contributed by atoms with Crippen LogP contribution in [0.25, 0.3) is 5.69 Å². The molecule has 0 radical (unpaired) electrons. The van der Waals surface area contributed by atoms with E-state index in [1.807, 2.05) is 37.3 Å². The van der Waals surface area contributed by atoms with E-state index < -0.39 is 11.5 Å². The number of nitrogens with one attached hydrogen (secondary N) is 1. The Balaban J connectivity index is 1.76. The SMILES string of the molecule is CC(=O)NC(C)(C(=O)OCc1c(C)nn(-c2ccccc2)c1Cl)C1CC1. The zero-order valence-corrected chi connectivity index (χ0v) is 15.8. The van der Waals surface area contributed by atoms with Crippen LogP contribution in [0.1, 0.15) is 37.9 Å². The predicted octanol–water partition coefficient (Wildman–Crippen LogP) is 3.18. The second kappa shape index (κ2) is 7.11. The Hall–Kier alpha value is -2.34. The number of aromatic nitrogens is 2. The highest BCUT2D eigenvalue weighted by Gasteiger charge is 2.49. The summed E-state index contributed by atoms with van der Waals surface area (Å²) in [5, 5.41) is 7.60. The van der Waals surface area contributed by atoms with Gasteiger partial charge in [0.1, 0.15) is 17.3 Å². The Morgan fingerprint density at radius 3 is 2.58 bits per heavy atom. The lowest BCUT2D eigenvalue weighted by Crippen LogP contribution is -2.54. The fourth-order valence-electron chi connectivity index (χ4n) is 3.07. The van der Waals surface area contributed by atoms with E-state index in [4.69, 9.17) is 16.3 Å². The number of aryl methyl sites for hydroxylation is 1. The average molecular weight is 376 g/mol. The highest BCUT2D eigenvalue weighted by atomic mass is 35.5. The zero-order chi connectivity index (χ0) is 18.9. The van der Waals surface area contributed by atoms with Crippen LogP contribution in [0.15, 0.2) is 30.3 Å². The van der Waals surface area contributed by atoms with Gasteiger partial charge in [0, 0.05) is 12.5 Å². The van der Waals surface area contributed by atoms with Crippen molar-refractivity contribution in [2.45, 2.75) is 45.8 Å². The molecule has 1 unspecified atom stereocenters. The van der Waals surface area contributed by atoms with Crippen LogP contribution in [-0.4, -0.2) is 27.2 Å². The number of esters is 1. The largest absolute Gasteiger partial charge is 0.459 e. The van der Waals surface area contributed by atoms with E-state index in [-0.39, 0.29) is 18.4 Å². The Bertz CT molecular complexity index is 830. The monoisotopic (exact) mass is 375 g/mol. The lowest BCUT2D eigenvalue weighted by atomic mass is 9.96. The number of para-hydroxylation sites is 1. The van der Waals surface area contributed by atoms with Gasteiger partial charge < -0.3 is 10.1 Å². The Morgan fingerprint density at radius 2 is 2.00 bits per heavy atom. The Kier molecular flexibility index (Phi) is 5.05. The third-order valence-corrected chi connectivity index (χ3v) is 5.11. The van der Waals surface area contributed by atoms with Gasteiger partial charge in [-0.05, 0) is 44.7 Å². The van der Waals surface area contributed by atoms with Crippen LogP contribution in [-0.2, 0) is 20.9 Å². The molecule has 7 heteroatoms. The number of halogens is 1. The second-order valence-corrected chi connectivity index (χ2v) is 7.19. The van der Waals surface area contributed by atoms with E-state index in [0.29, 0.717) is 16.4 Å². The van der Waals surface area contributed by atoms with Crippen LogP contribution in [0.3, 0.4) is 0 Å². The third kappa shape index (κ3) is 3.60. The zero-order valence-electron chi connectivity index (χ0n) is 15.1. The fourth-order valence-corrected chi connectivity index (χ4v) is 3.40. The van der Waals surface area contributed by atoms with Crippen molar-refractivity contribution in [2.24, 2.45) is 5.92 Å². The van der Waals surface area contributed by atoms with E-state index in [1.165, 1.54) is 6.92 Å². The molecule has 0 aliphatic heterocycles. The van der Waals surface area contributed by atoms with E-state index in [1.54, 1.807) is 11.6 Å². The van der Waals surface area contributed by atoms with Crippen molar-refractivity contribution in [2.75, 3.05) is 0 Å². The van der Waals surface area contributed by atoms with Gasteiger partial charge in [-0.2, -0.15) is 5.10 Å². The maximum atomic E-state index is 12.6. The van der Waals surface area contributed by atoms with Crippen LogP contribution >= 0.6 is 11.6 Å². The first-order chi connectivity index (χ1) is 12.3. The number of benzene rings is 1. The molecule has 0 bridgehead atoms. The van der Waals surface area contributed by atoms with Crippen molar-refractivity contribution in [3.8, 4) is 5.69 Å². The van der Waals surface area contributed by atoms with E-state index in [2.05, 4.69) is 10.4 Å². The Labute approximate surface area is 157 Å². The fraction of sp³-hybridized carbons (Fsp3) is 0.421. The molecule has 6 nitrogen and oxygen atoms in total. The molecule has 1 amide bonds. The van der Waals surface area contributed by atoms with Gasteiger partial charge in [0.2, 0.25) is 5.91 Å². The second-order valence-electron chi connectivity index (χ2n) is 6.84. The summed E-state index contributed by atoms with van der Waals surface area (Å²) in [6.07, 6.45) is 1.80. The van der Waals surface area contributed by atoms with Crippen molar-refractivity contribution in [1.29, 1.82) is 0 Å². The highest BCUT2D eigenvalue weighted by Crippen LogP contribution is 2.40. The molecule has 1 aliphatic carbocycles. The maximum absolute atomic E-state index is 12.6. The van der Waals surface area contributed by atoms with Gasteiger partial charge in [0.05, 0.1) is 11.4 Å². The van der Waals surface area contributed by atoms with Crippen molar-refractivity contribution in [3.63, 3.8) is 0 Å². The molecule has 1 atom stereocenters. The molecule has 1 aliphatic rings. The molecule has 138 valence electrons. The number of hydrogen-bond donors (Lipinski definition) is 1.